The quantitative estimate of drug-likeness (QED) is 0.139. The van der Waals surface area contributed by atoms with Crippen molar-refractivity contribution in [2.24, 2.45) is 5.10 Å². The van der Waals surface area contributed by atoms with Crippen LogP contribution in [0, 0.1) is 18.6 Å². The van der Waals surface area contributed by atoms with E-state index in [0.717, 1.165) is 41.3 Å². The number of rotatable bonds is 5. The Hall–Kier alpha value is -5.26. The molecule has 0 atom stereocenters. The summed E-state index contributed by atoms with van der Waals surface area (Å²) in [6.45, 7) is 1.49. The number of halogens is 5. The van der Waals surface area contributed by atoms with Gasteiger partial charge in [-0.1, -0.05) is 24.3 Å². The highest BCUT2D eigenvalue weighted by Crippen LogP contribution is 2.41. The normalized spacial score (nSPS) is 14.0. The molecule has 0 spiro atoms. The van der Waals surface area contributed by atoms with Crippen molar-refractivity contribution in [2.75, 3.05) is 10.3 Å². The van der Waals surface area contributed by atoms with Crippen molar-refractivity contribution in [3.63, 3.8) is 0 Å². The molecule has 3 N–H and O–H groups in total. The van der Waals surface area contributed by atoms with Gasteiger partial charge in [-0.15, -0.1) is 0 Å². The lowest BCUT2D eigenvalue weighted by molar-refractivity contribution is -0.137. The summed E-state index contributed by atoms with van der Waals surface area (Å²) in [6, 6.07) is 13.9. The van der Waals surface area contributed by atoms with Gasteiger partial charge in [0.1, 0.15) is 17.4 Å². The van der Waals surface area contributed by atoms with Gasteiger partial charge >= 0.3 is 12.1 Å². The maximum absolute atomic E-state index is 14.3. The summed E-state index contributed by atoms with van der Waals surface area (Å²) >= 11 is 0. The number of para-hydroxylation sites is 1. The van der Waals surface area contributed by atoms with Crippen LogP contribution in [-0.2, 0) is 11.0 Å². The number of carbonyl (C=O) groups excluding carboxylic acids is 1. The Morgan fingerprint density at radius 2 is 1.68 bits per heavy atom. The Balaban J connectivity index is 1.57. The number of carboxylic acid groups (broad SMARTS) is 1. The summed E-state index contributed by atoms with van der Waals surface area (Å²) in [4.78, 5) is 25.7. The van der Waals surface area contributed by atoms with E-state index in [4.69, 9.17) is 0 Å². The predicted molar refractivity (Wildman–Crippen MR) is 140 cm³/mol. The molecule has 0 saturated heterocycles. The number of amides is 1. The van der Waals surface area contributed by atoms with E-state index in [-0.39, 0.29) is 45.0 Å². The predicted octanol–water partition coefficient (Wildman–Crippen LogP) is 6.86. The van der Waals surface area contributed by atoms with Crippen molar-refractivity contribution in [3.8, 4) is 16.9 Å². The van der Waals surface area contributed by atoms with Crippen molar-refractivity contribution < 1.29 is 41.8 Å². The van der Waals surface area contributed by atoms with Gasteiger partial charge in [-0.3, -0.25) is 15.1 Å². The standard InChI is InChI=1S/C29H18F5N3O4/c1-14-5-8-17(13-22(14)31)37-24-12-16(29(32,33)34)7-9-19(24)25(27(37)39)36-35-23-4-2-3-18(26(23)38)15-6-10-21(30)20(11-15)28(40)41/h2-13,35,38H,1H3,(H,40,41). The third-order valence-corrected chi connectivity index (χ3v) is 6.47. The van der Waals surface area contributed by atoms with Crippen LogP contribution in [0.15, 0.2) is 77.9 Å². The van der Waals surface area contributed by atoms with Crippen LogP contribution in [0.2, 0.25) is 0 Å². The minimum atomic E-state index is -4.71. The number of carboxylic acids is 1. The molecule has 0 aromatic heterocycles. The first-order valence-corrected chi connectivity index (χ1v) is 11.9. The van der Waals surface area contributed by atoms with Gasteiger partial charge in [-0.25, -0.2) is 13.6 Å². The van der Waals surface area contributed by atoms with Crippen LogP contribution in [0.5, 0.6) is 5.75 Å². The highest BCUT2D eigenvalue weighted by Gasteiger charge is 2.39. The number of hydrazone groups is 1. The molecule has 208 valence electrons. The number of hydrogen-bond donors (Lipinski definition) is 3. The zero-order valence-corrected chi connectivity index (χ0v) is 20.9. The number of anilines is 3. The number of aromatic carboxylic acids is 1. The van der Waals surface area contributed by atoms with Crippen LogP contribution in [-0.4, -0.2) is 27.8 Å². The first-order valence-electron chi connectivity index (χ1n) is 11.9. The highest BCUT2D eigenvalue weighted by atomic mass is 19.4. The summed E-state index contributed by atoms with van der Waals surface area (Å²) in [5.74, 6) is -4.41. The van der Waals surface area contributed by atoms with E-state index in [0.29, 0.717) is 0 Å². The van der Waals surface area contributed by atoms with Gasteiger partial charge in [0, 0.05) is 11.1 Å². The number of phenolic OH excluding ortho intramolecular Hbond substituents is 1. The third-order valence-electron chi connectivity index (χ3n) is 6.47. The SMILES string of the molecule is Cc1ccc(N2C(=O)C(=NNc3cccc(-c4ccc(F)c(C(=O)O)c4)c3O)c3ccc(C(F)(F)F)cc32)cc1F. The second-order valence-electron chi connectivity index (χ2n) is 9.08. The molecule has 4 aromatic carbocycles. The number of alkyl halides is 3. The van der Waals surface area contributed by atoms with E-state index in [1.165, 1.54) is 43.3 Å². The van der Waals surface area contributed by atoms with E-state index in [1.807, 2.05) is 0 Å². The molecular weight excluding hydrogens is 549 g/mol. The molecule has 1 heterocycles. The number of phenols is 1. The molecule has 0 aliphatic carbocycles. The van der Waals surface area contributed by atoms with Crippen LogP contribution in [0.4, 0.5) is 39.0 Å². The van der Waals surface area contributed by atoms with E-state index in [9.17, 15) is 41.8 Å². The Morgan fingerprint density at radius 1 is 0.927 bits per heavy atom. The van der Waals surface area contributed by atoms with Crippen LogP contribution >= 0.6 is 0 Å². The number of fused-ring (bicyclic) bond motifs is 1. The molecular formula is C29H18F5N3O4. The zero-order chi connectivity index (χ0) is 29.6. The average molecular weight is 567 g/mol. The van der Waals surface area contributed by atoms with Gasteiger partial charge in [-0.05, 0) is 66.6 Å². The van der Waals surface area contributed by atoms with Crippen LogP contribution in [0.1, 0.15) is 27.0 Å². The summed E-state index contributed by atoms with van der Waals surface area (Å²) in [5.41, 5.74) is 0.933. The molecule has 12 heteroatoms. The molecule has 0 radical (unpaired) electrons. The molecule has 41 heavy (non-hydrogen) atoms. The molecule has 1 aliphatic rings. The molecule has 0 saturated carbocycles. The lowest BCUT2D eigenvalue weighted by Gasteiger charge is -2.18. The fraction of sp³-hybridized carbons (Fsp3) is 0.0690. The molecule has 4 aromatic rings. The topological polar surface area (TPSA) is 102 Å². The zero-order valence-electron chi connectivity index (χ0n) is 20.9. The van der Waals surface area contributed by atoms with E-state index < -0.39 is 46.6 Å². The number of nitrogens with one attached hydrogen (secondary N) is 1. The van der Waals surface area contributed by atoms with Gasteiger partial charge in [0.05, 0.1) is 28.2 Å². The largest absolute Gasteiger partial charge is 0.505 e. The molecule has 0 fully saturated rings. The first kappa shape index (κ1) is 27.3. The Bertz CT molecular complexity index is 1770. The summed E-state index contributed by atoms with van der Waals surface area (Å²) in [6.07, 6.45) is -4.71. The van der Waals surface area contributed by atoms with Gasteiger partial charge in [0.2, 0.25) is 0 Å². The van der Waals surface area contributed by atoms with Crippen molar-refractivity contribution in [1.29, 1.82) is 0 Å². The molecule has 5 rings (SSSR count). The Labute approximate surface area is 228 Å². The van der Waals surface area contributed by atoms with Crippen molar-refractivity contribution in [1.82, 2.24) is 0 Å². The van der Waals surface area contributed by atoms with Gasteiger partial charge in [0.15, 0.2) is 5.71 Å². The van der Waals surface area contributed by atoms with Gasteiger partial charge < -0.3 is 10.2 Å². The first-order chi connectivity index (χ1) is 19.4. The number of carbonyl (C=O) groups is 2. The van der Waals surface area contributed by atoms with Crippen LogP contribution < -0.4 is 10.3 Å². The van der Waals surface area contributed by atoms with E-state index in [2.05, 4.69) is 10.5 Å². The number of aromatic hydroxyl groups is 1. The third kappa shape index (κ3) is 4.95. The van der Waals surface area contributed by atoms with Gasteiger partial charge in [-0.2, -0.15) is 18.3 Å². The lowest BCUT2D eigenvalue weighted by atomic mass is 10.0. The van der Waals surface area contributed by atoms with Crippen LogP contribution in [0.25, 0.3) is 11.1 Å². The van der Waals surface area contributed by atoms with Crippen molar-refractivity contribution >= 4 is 34.7 Å². The minimum absolute atomic E-state index is 0.0146. The highest BCUT2D eigenvalue weighted by molar-refractivity contribution is 6.55. The summed E-state index contributed by atoms with van der Waals surface area (Å²) in [7, 11) is 0. The summed E-state index contributed by atoms with van der Waals surface area (Å²) in [5, 5.41) is 24.1. The monoisotopic (exact) mass is 567 g/mol. The number of benzene rings is 4. The van der Waals surface area contributed by atoms with E-state index in [1.54, 1.807) is 0 Å². The van der Waals surface area contributed by atoms with E-state index >= 15 is 0 Å². The Morgan fingerprint density at radius 3 is 2.37 bits per heavy atom. The molecule has 1 amide bonds. The average Bonchev–Trinajstić information content (AvgIpc) is 3.19. The van der Waals surface area contributed by atoms with Crippen LogP contribution in [0.3, 0.4) is 0 Å². The maximum Gasteiger partial charge on any atom is 0.416 e. The fourth-order valence-electron chi connectivity index (χ4n) is 4.35. The maximum atomic E-state index is 14.3. The Kier molecular flexibility index (Phi) is 6.69. The lowest BCUT2D eigenvalue weighted by Crippen LogP contribution is -2.26. The van der Waals surface area contributed by atoms with Crippen molar-refractivity contribution in [2.45, 2.75) is 13.1 Å². The molecule has 1 aliphatic heterocycles. The fourth-order valence-corrected chi connectivity index (χ4v) is 4.35. The number of hydrogen-bond acceptors (Lipinski definition) is 5. The van der Waals surface area contributed by atoms with Crippen molar-refractivity contribution in [3.05, 3.63) is 107 Å². The number of nitrogens with zero attached hydrogens (tertiary/aromatic N) is 2. The second kappa shape index (κ2) is 10.0. The molecule has 0 unspecified atom stereocenters. The number of aryl methyl sites for hydroxylation is 1. The smallest absolute Gasteiger partial charge is 0.416 e. The molecule has 7 nitrogen and oxygen atoms in total. The van der Waals surface area contributed by atoms with Gasteiger partial charge in [0.25, 0.3) is 5.91 Å². The molecule has 0 bridgehead atoms. The summed E-state index contributed by atoms with van der Waals surface area (Å²) < 4.78 is 68.7. The second-order valence-corrected chi connectivity index (χ2v) is 9.08. The minimum Gasteiger partial charge on any atom is -0.505 e.